The molecule has 44 heavy (non-hydrogen) atoms. The van der Waals surface area contributed by atoms with Crippen LogP contribution in [0.2, 0.25) is 0 Å². The number of piperidine rings is 1. The van der Waals surface area contributed by atoms with Crippen LogP contribution < -0.4 is 14.5 Å². The number of aryl methyl sites for hydroxylation is 1. The van der Waals surface area contributed by atoms with E-state index in [1.165, 1.54) is 28.1 Å². The largest absolute Gasteiger partial charge is 0.463 e. The van der Waals surface area contributed by atoms with E-state index in [4.69, 9.17) is 14.7 Å². The second-order valence-electron chi connectivity index (χ2n) is 13.0. The number of carbonyl (C=O) groups is 1. The standard InChI is InChI=1S/C35H43N7O2/c1-5-31(43)42-20-19-41(21-27(42)13-16-36)33-28-14-18-40(30-12-7-11-26-10-6-9-25(2)32(26)30)22-29(28)37-34(38-33)44-24-35(3)15-8-17-39(4)23-35/h5-7,9-12,27H,1,8,13-15,17-24H2,2-4H3/t27-,35?/m0/s1. The molecule has 1 aromatic heterocycles. The van der Waals surface area contributed by atoms with Gasteiger partial charge in [0.25, 0.3) is 0 Å². The van der Waals surface area contributed by atoms with Gasteiger partial charge in [0.05, 0.1) is 37.4 Å². The fraction of sp³-hybridized carbons (Fsp3) is 0.486. The molecule has 3 aromatic rings. The Kier molecular flexibility index (Phi) is 8.46. The first-order chi connectivity index (χ1) is 21.3. The van der Waals surface area contributed by atoms with Gasteiger partial charge in [-0.2, -0.15) is 15.2 Å². The third-order valence-electron chi connectivity index (χ3n) is 9.54. The quantitative estimate of drug-likeness (QED) is 0.364. The summed E-state index contributed by atoms with van der Waals surface area (Å²) in [6, 6.07) is 15.4. The average Bonchev–Trinajstić information content (AvgIpc) is 3.02. The molecule has 9 heteroatoms. The summed E-state index contributed by atoms with van der Waals surface area (Å²) in [5.41, 5.74) is 4.63. The first-order valence-electron chi connectivity index (χ1n) is 15.8. The maximum absolute atomic E-state index is 12.6. The van der Waals surface area contributed by atoms with Gasteiger partial charge in [-0.3, -0.25) is 4.79 Å². The van der Waals surface area contributed by atoms with Crippen molar-refractivity contribution in [3.05, 3.63) is 65.9 Å². The van der Waals surface area contributed by atoms with Crippen LogP contribution in [0.4, 0.5) is 11.5 Å². The molecule has 0 radical (unpaired) electrons. The Morgan fingerprint density at radius 2 is 1.98 bits per heavy atom. The van der Waals surface area contributed by atoms with Crippen LogP contribution in [0.5, 0.6) is 6.01 Å². The van der Waals surface area contributed by atoms with Crippen LogP contribution in [-0.4, -0.2) is 84.6 Å². The van der Waals surface area contributed by atoms with Crippen LogP contribution in [0.15, 0.2) is 49.1 Å². The monoisotopic (exact) mass is 593 g/mol. The molecule has 9 nitrogen and oxygen atoms in total. The van der Waals surface area contributed by atoms with E-state index in [0.717, 1.165) is 56.0 Å². The van der Waals surface area contributed by atoms with Crippen molar-refractivity contribution in [3.63, 3.8) is 0 Å². The lowest BCUT2D eigenvalue weighted by Crippen LogP contribution is -2.55. The van der Waals surface area contributed by atoms with Gasteiger partial charge in [0.1, 0.15) is 5.82 Å². The highest BCUT2D eigenvalue weighted by Gasteiger charge is 2.35. The molecule has 0 saturated carbocycles. The minimum atomic E-state index is -0.232. The third-order valence-corrected chi connectivity index (χ3v) is 9.54. The van der Waals surface area contributed by atoms with Crippen molar-refractivity contribution in [1.29, 1.82) is 5.26 Å². The number of anilines is 2. The summed E-state index contributed by atoms with van der Waals surface area (Å²) in [4.78, 5) is 31.5. The van der Waals surface area contributed by atoms with E-state index >= 15 is 0 Å². The van der Waals surface area contributed by atoms with E-state index in [-0.39, 0.29) is 23.8 Å². The molecule has 3 aliphatic heterocycles. The maximum Gasteiger partial charge on any atom is 0.318 e. The fourth-order valence-corrected chi connectivity index (χ4v) is 7.37. The number of amides is 1. The number of aromatic nitrogens is 2. The maximum atomic E-state index is 12.6. The SMILES string of the molecule is C=CC(=O)N1CCN(c2nc(OCC3(C)CCCN(C)C3)nc3c2CCN(c2cccc4cccc(C)c24)C3)C[C@@H]1CC#N. The molecule has 2 aromatic carbocycles. The van der Waals surface area contributed by atoms with E-state index in [0.29, 0.717) is 38.8 Å². The first kappa shape index (κ1) is 29.9. The van der Waals surface area contributed by atoms with Crippen LogP contribution in [-0.2, 0) is 17.8 Å². The predicted octanol–water partition coefficient (Wildman–Crippen LogP) is 4.73. The number of rotatable bonds is 7. The number of carbonyl (C=O) groups excluding carboxylic acids is 1. The summed E-state index contributed by atoms with van der Waals surface area (Å²) >= 11 is 0. The second kappa shape index (κ2) is 12.4. The number of nitriles is 1. The number of fused-ring (bicyclic) bond motifs is 2. The molecule has 3 aliphatic rings. The van der Waals surface area contributed by atoms with Crippen molar-refractivity contribution in [3.8, 4) is 12.1 Å². The van der Waals surface area contributed by atoms with Gasteiger partial charge in [0, 0.05) is 54.8 Å². The van der Waals surface area contributed by atoms with Gasteiger partial charge in [-0.15, -0.1) is 0 Å². The smallest absolute Gasteiger partial charge is 0.318 e. The van der Waals surface area contributed by atoms with Gasteiger partial charge < -0.3 is 24.3 Å². The Labute approximate surface area is 260 Å². The lowest BCUT2D eigenvalue weighted by molar-refractivity contribution is -0.128. The minimum absolute atomic E-state index is 0.0352. The number of hydrogen-bond acceptors (Lipinski definition) is 8. The Balaban J connectivity index is 1.34. The molecule has 230 valence electrons. The third kappa shape index (κ3) is 5.96. The van der Waals surface area contributed by atoms with Gasteiger partial charge in [-0.1, -0.05) is 43.8 Å². The normalized spacial score (nSPS) is 22.4. The van der Waals surface area contributed by atoms with E-state index < -0.39 is 0 Å². The molecule has 1 unspecified atom stereocenters. The molecule has 6 rings (SSSR count). The summed E-state index contributed by atoms with van der Waals surface area (Å²) in [6.45, 7) is 14.0. The summed E-state index contributed by atoms with van der Waals surface area (Å²) in [5, 5.41) is 12.1. The molecule has 2 saturated heterocycles. The lowest BCUT2D eigenvalue weighted by Gasteiger charge is -2.42. The Morgan fingerprint density at radius 1 is 1.16 bits per heavy atom. The lowest BCUT2D eigenvalue weighted by atomic mass is 9.83. The molecule has 1 amide bonds. The van der Waals surface area contributed by atoms with Crippen molar-refractivity contribution in [2.75, 3.05) is 62.7 Å². The van der Waals surface area contributed by atoms with Crippen molar-refractivity contribution >= 4 is 28.2 Å². The molecule has 0 aliphatic carbocycles. The molecule has 4 heterocycles. The molecular formula is C35H43N7O2. The summed E-state index contributed by atoms with van der Waals surface area (Å²) < 4.78 is 6.45. The number of nitrogens with zero attached hydrogens (tertiary/aromatic N) is 7. The van der Waals surface area contributed by atoms with Crippen LogP contribution in [0.3, 0.4) is 0 Å². The van der Waals surface area contributed by atoms with Gasteiger partial charge in [-0.05, 0) is 62.9 Å². The van der Waals surface area contributed by atoms with Crippen LogP contribution in [0.25, 0.3) is 10.8 Å². The van der Waals surface area contributed by atoms with Gasteiger partial charge >= 0.3 is 6.01 Å². The first-order valence-corrected chi connectivity index (χ1v) is 15.8. The van der Waals surface area contributed by atoms with Crippen molar-refractivity contribution in [1.82, 2.24) is 19.8 Å². The van der Waals surface area contributed by atoms with E-state index in [1.807, 2.05) is 0 Å². The summed E-state index contributed by atoms with van der Waals surface area (Å²) in [5.74, 6) is 0.740. The molecule has 0 N–H and O–H groups in total. The molecule has 2 atom stereocenters. The summed E-state index contributed by atoms with van der Waals surface area (Å²) in [7, 11) is 2.17. The Hall–Kier alpha value is -4.16. The van der Waals surface area contributed by atoms with E-state index in [9.17, 15) is 10.1 Å². The second-order valence-corrected chi connectivity index (χ2v) is 13.0. The topological polar surface area (TPSA) is 88.8 Å². The number of ether oxygens (including phenoxy) is 1. The van der Waals surface area contributed by atoms with Crippen molar-refractivity contribution in [2.24, 2.45) is 5.41 Å². The van der Waals surface area contributed by atoms with Gasteiger partial charge in [-0.25, -0.2) is 0 Å². The summed E-state index contributed by atoms with van der Waals surface area (Å²) in [6.07, 6.45) is 4.65. The van der Waals surface area contributed by atoms with Gasteiger partial charge in [0.2, 0.25) is 5.91 Å². The van der Waals surface area contributed by atoms with Gasteiger partial charge in [0.15, 0.2) is 0 Å². The van der Waals surface area contributed by atoms with Crippen LogP contribution in [0, 0.1) is 23.7 Å². The average molecular weight is 594 g/mol. The number of benzene rings is 2. The molecule has 2 fully saturated rings. The number of hydrogen-bond donors (Lipinski definition) is 0. The van der Waals surface area contributed by atoms with Crippen LogP contribution >= 0.6 is 0 Å². The van der Waals surface area contributed by atoms with Crippen LogP contribution in [0.1, 0.15) is 43.0 Å². The number of piperazine rings is 1. The predicted molar refractivity (Wildman–Crippen MR) is 174 cm³/mol. The van der Waals surface area contributed by atoms with E-state index in [1.54, 1.807) is 4.90 Å². The minimum Gasteiger partial charge on any atom is -0.463 e. The Morgan fingerprint density at radius 3 is 2.75 bits per heavy atom. The highest BCUT2D eigenvalue weighted by molar-refractivity contribution is 5.97. The zero-order valence-electron chi connectivity index (χ0n) is 26.3. The fourth-order valence-electron chi connectivity index (χ4n) is 7.37. The zero-order chi connectivity index (χ0) is 30.8. The van der Waals surface area contributed by atoms with Crippen molar-refractivity contribution < 1.29 is 9.53 Å². The molecular weight excluding hydrogens is 550 g/mol. The zero-order valence-corrected chi connectivity index (χ0v) is 26.3. The van der Waals surface area contributed by atoms with E-state index in [2.05, 4.69) is 84.6 Å². The Bertz CT molecular complexity index is 1590. The molecule has 0 bridgehead atoms. The van der Waals surface area contributed by atoms with Crippen molar-refractivity contribution in [2.45, 2.75) is 52.1 Å². The molecule has 0 spiro atoms. The highest BCUT2D eigenvalue weighted by Crippen LogP contribution is 2.36. The number of likely N-dealkylation sites (tertiary alicyclic amines) is 1. The highest BCUT2D eigenvalue weighted by atomic mass is 16.5.